The molecular formula is C19H27FN2O. The van der Waals surface area contributed by atoms with E-state index in [0.29, 0.717) is 24.8 Å². The number of likely N-dealkylation sites (tertiary alicyclic amines) is 1. The second-order valence-corrected chi connectivity index (χ2v) is 6.71. The molecule has 0 aromatic heterocycles. The van der Waals surface area contributed by atoms with Crippen molar-refractivity contribution >= 4 is 0 Å². The number of nitrogens with one attached hydrogen (secondary N) is 1. The minimum atomic E-state index is -1.42. The average Bonchev–Trinajstić information content (AvgIpc) is 2.84. The number of benzene rings is 1. The van der Waals surface area contributed by atoms with Crippen LogP contribution in [0.3, 0.4) is 0 Å². The molecule has 2 fully saturated rings. The summed E-state index contributed by atoms with van der Waals surface area (Å²) in [4.78, 5) is 2.32. The van der Waals surface area contributed by atoms with Gasteiger partial charge in [0.1, 0.15) is 5.75 Å². The largest absolute Gasteiger partial charge is 0.497 e. The highest BCUT2D eigenvalue weighted by Gasteiger charge is 2.51. The summed E-state index contributed by atoms with van der Waals surface area (Å²) in [7, 11) is 1.65. The third-order valence-corrected chi connectivity index (χ3v) is 5.40. The highest BCUT2D eigenvalue weighted by molar-refractivity contribution is 5.36. The van der Waals surface area contributed by atoms with Crippen molar-refractivity contribution in [2.24, 2.45) is 0 Å². The summed E-state index contributed by atoms with van der Waals surface area (Å²) in [6.45, 7) is 7.89. The van der Waals surface area contributed by atoms with Gasteiger partial charge in [0, 0.05) is 37.3 Å². The molecule has 4 heteroatoms. The lowest BCUT2D eigenvalue weighted by molar-refractivity contribution is 0.126. The maximum atomic E-state index is 16.0. The van der Waals surface area contributed by atoms with Crippen LogP contribution >= 0.6 is 0 Å². The molecule has 1 saturated heterocycles. The molecule has 1 heterocycles. The molecular weight excluding hydrogens is 291 g/mol. The number of ether oxygens (including phenoxy) is 1. The molecule has 1 saturated carbocycles. The van der Waals surface area contributed by atoms with Gasteiger partial charge in [-0.15, -0.1) is 0 Å². The number of methoxy groups -OCH3 is 1. The van der Waals surface area contributed by atoms with Gasteiger partial charge in [-0.2, -0.15) is 0 Å². The first-order valence-electron chi connectivity index (χ1n) is 8.58. The van der Waals surface area contributed by atoms with Crippen LogP contribution in [0.5, 0.6) is 5.75 Å². The lowest BCUT2D eigenvalue weighted by Gasteiger charge is -2.35. The monoisotopic (exact) mass is 318 g/mol. The van der Waals surface area contributed by atoms with Gasteiger partial charge < -0.3 is 10.1 Å². The SMILES string of the molecule is C=C(NCC)C1(F)CN(C2CCC2)C[C@H]1c1ccc(OC)cc1. The topological polar surface area (TPSA) is 24.5 Å². The van der Waals surface area contributed by atoms with Crippen molar-refractivity contribution in [2.45, 2.75) is 43.8 Å². The molecule has 3 rings (SSSR count). The Bertz CT molecular complexity index is 555. The van der Waals surface area contributed by atoms with Crippen LogP contribution in [0.4, 0.5) is 4.39 Å². The van der Waals surface area contributed by atoms with Crippen molar-refractivity contribution in [3.05, 3.63) is 42.1 Å². The predicted molar refractivity (Wildman–Crippen MR) is 91.6 cm³/mol. The maximum absolute atomic E-state index is 16.0. The Hall–Kier alpha value is -1.55. The van der Waals surface area contributed by atoms with Gasteiger partial charge in [0.15, 0.2) is 5.67 Å². The Morgan fingerprint density at radius 2 is 2.09 bits per heavy atom. The van der Waals surface area contributed by atoms with E-state index in [2.05, 4.69) is 16.8 Å². The third-order valence-electron chi connectivity index (χ3n) is 5.40. The Labute approximate surface area is 138 Å². The van der Waals surface area contributed by atoms with E-state index in [1.807, 2.05) is 31.2 Å². The molecule has 2 aliphatic rings. The van der Waals surface area contributed by atoms with Crippen LogP contribution in [0.25, 0.3) is 0 Å². The standard InChI is InChI=1S/C19H27FN2O/c1-4-21-14(2)19(20)13-22(16-6-5-7-16)12-18(19)15-8-10-17(23-3)11-9-15/h8-11,16,18,21H,2,4-7,12-13H2,1,3H3/t18-,19?/m0/s1. The summed E-state index contributed by atoms with van der Waals surface area (Å²) >= 11 is 0. The summed E-state index contributed by atoms with van der Waals surface area (Å²) in [5.74, 6) is 0.623. The first-order chi connectivity index (χ1) is 11.1. The van der Waals surface area contributed by atoms with Crippen molar-refractivity contribution in [1.29, 1.82) is 0 Å². The van der Waals surface area contributed by atoms with Gasteiger partial charge >= 0.3 is 0 Å². The van der Waals surface area contributed by atoms with Crippen LogP contribution in [0, 0.1) is 0 Å². The fourth-order valence-electron chi connectivity index (χ4n) is 3.75. The van der Waals surface area contributed by atoms with Gasteiger partial charge in [-0.1, -0.05) is 25.1 Å². The summed E-state index contributed by atoms with van der Waals surface area (Å²) in [5.41, 5.74) is 0.122. The summed E-state index contributed by atoms with van der Waals surface area (Å²) in [6, 6.07) is 8.35. The number of alkyl halides is 1. The van der Waals surface area contributed by atoms with Crippen LogP contribution in [-0.4, -0.2) is 43.4 Å². The molecule has 126 valence electrons. The first-order valence-corrected chi connectivity index (χ1v) is 8.58. The van der Waals surface area contributed by atoms with Crippen LogP contribution in [-0.2, 0) is 0 Å². The zero-order chi connectivity index (χ0) is 16.4. The smallest absolute Gasteiger partial charge is 0.170 e. The number of hydrogen-bond donors (Lipinski definition) is 1. The van der Waals surface area contributed by atoms with E-state index in [9.17, 15) is 0 Å². The lowest BCUT2D eigenvalue weighted by atomic mass is 9.84. The molecule has 1 aliphatic carbocycles. The number of hydrogen-bond acceptors (Lipinski definition) is 3. The molecule has 1 aromatic rings. The fraction of sp³-hybridized carbons (Fsp3) is 0.579. The number of nitrogens with zero attached hydrogens (tertiary/aromatic N) is 1. The lowest BCUT2D eigenvalue weighted by Crippen LogP contribution is -2.43. The van der Waals surface area contributed by atoms with Crippen molar-refractivity contribution in [2.75, 3.05) is 26.7 Å². The van der Waals surface area contributed by atoms with Gasteiger partial charge in [0.05, 0.1) is 7.11 Å². The van der Waals surface area contributed by atoms with Gasteiger partial charge in [0.2, 0.25) is 0 Å². The zero-order valence-electron chi connectivity index (χ0n) is 14.1. The molecule has 1 N–H and O–H groups in total. The molecule has 1 aromatic carbocycles. The normalized spacial score (nSPS) is 28.4. The molecule has 1 aliphatic heterocycles. The minimum absolute atomic E-state index is 0.180. The van der Waals surface area contributed by atoms with Crippen LogP contribution < -0.4 is 10.1 Å². The molecule has 1 unspecified atom stereocenters. The first kappa shape index (κ1) is 16.3. The number of halogens is 1. The van der Waals surface area contributed by atoms with Gasteiger partial charge in [-0.25, -0.2) is 4.39 Å². The van der Waals surface area contributed by atoms with E-state index in [1.54, 1.807) is 7.11 Å². The van der Waals surface area contributed by atoms with Crippen molar-refractivity contribution in [1.82, 2.24) is 10.2 Å². The molecule has 23 heavy (non-hydrogen) atoms. The molecule has 2 atom stereocenters. The van der Waals surface area contributed by atoms with E-state index in [1.165, 1.54) is 19.3 Å². The minimum Gasteiger partial charge on any atom is -0.497 e. The maximum Gasteiger partial charge on any atom is 0.170 e. The van der Waals surface area contributed by atoms with E-state index in [4.69, 9.17) is 4.74 Å². The molecule has 3 nitrogen and oxygen atoms in total. The summed E-state index contributed by atoms with van der Waals surface area (Å²) in [6.07, 6.45) is 3.65. The zero-order valence-corrected chi connectivity index (χ0v) is 14.1. The Morgan fingerprint density at radius 3 is 2.61 bits per heavy atom. The fourth-order valence-corrected chi connectivity index (χ4v) is 3.75. The van der Waals surface area contributed by atoms with E-state index in [-0.39, 0.29) is 5.92 Å². The van der Waals surface area contributed by atoms with Crippen molar-refractivity contribution < 1.29 is 9.13 Å². The molecule has 0 spiro atoms. The molecule has 0 amide bonds. The average molecular weight is 318 g/mol. The highest BCUT2D eigenvalue weighted by Crippen LogP contribution is 2.45. The van der Waals surface area contributed by atoms with Gasteiger partial charge in [-0.3, -0.25) is 4.90 Å². The Kier molecular flexibility index (Phi) is 4.62. The predicted octanol–water partition coefficient (Wildman–Crippen LogP) is 3.48. The van der Waals surface area contributed by atoms with Gasteiger partial charge in [-0.05, 0) is 37.5 Å². The van der Waals surface area contributed by atoms with Crippen molar-refractivity contribution in [3.63, 3.8) is 0 Å². The second kappa shape index (κ2) is 6.52. The second-order valence-electron chi connectivity index (χ2n) is 6.71. The van der Waals surface area contributed by atoms with Crippen LogP contribution in [0.15, 0.2) is 36.5 Å². The third kappa shape index (κ3) is 2.97. The number of rotatable bonds is 6. The molecule has 0 bridgehead atoms. The Balaban J connectivity index is 1.87. The van der Waals surface area contributed by atoms with E-state index < -0.39 is 5.67 Å². The summed E-state index contributed by atoms with van der Waals surface area (Å²) in [5, 5.41) is 3.12. The van der Waals surface area contributed by atoms with Crippen molar-refractivity contribution in [3.8, 4) is 5.75 Å². The van der Waals surface area contributed by atoms with E-state index >= 15 is 4.39 Å². The Morgan fingerprint density at radius 1 is 1.39 bits per heavy atom. The van der Waals surface area contributed by atoms with E-state index in [0.717, 1.165) is 17.9 Å². The highest BCUT2D eigenvalue weighted by atomic mass is 19.1. The molecule has 0 radical (unpaired) electrons. The quantitative estimate of drug-likeness (QED) is 0.869. The summed E-state index contributed by atoms with van der Waals surface area (Å²) < 4.78 is 21.2. The van der Waals surface area contributed by atoms with Gasteiger partial charge in [0.25, 0.3) is 0 Å². The van der Waals surface area contributed by atoms with Crippen LogP contribution in [0.1, 0.15) is 37.7 Å². The van der Waals surface area contributed by atoms with Crippen LogP contribution in [0.2, 0.25) is 0 Å².